The van der Waals surface area contributed by atoms with E-state index in [0.717, 1.165) is 25.9 Å². The molecule has 16 heavy (non-hydrogen) atoms. The first kappa shape index (κ1) is 12.1. The summed E-state index contributed by atoms with van der Waals surface area (Å²) in [6.45, 7) is 3.02. The van der Waals surface area contributed by atoms with Crippen molar-refractivity contribution in [1.82, 2.24) is 0 Å². The van der Waals surface area contributed by atoms with Crippen molar-refractivity contribution in [2.45, 2.75) is 70.8 Å². The Hall–Kier alpha value is -0.370. The van der Waals surface area contributed by atoms with Crippen molar-refractivity contribution in [2.24, 2.45) is 5.41 Å². The van der Waals surface area contributed by atoms with Crippen LogP contribution in [0.25, 0.3) is 0 Å². The molecule has 0 N–H and O–H groups in total. The van der Waals surface area contributed by atoms with Crippen LogP contribution >= 0.6 is 0 Å². The molecular formula is C14H24O2. The van der Waals surface area contributed by atoms with Gasteiger partial charge in [0.05, 0.1) is 11.5 Å². The van der Waals surface area contributed by atoms with Gasteiger partial charge in [-0.3, -0.25) is 4.79 Å². The Morgan fingerprint density at radius 1 is 1.25 bits per heavy atom. The molecular weight excluding hydrogens is 200 g/mol. The Morgan fingerprint density at radius 2 is 1.94 bits per heavy atom. The SMILES string of the molecule is CCCCOC1CC(=O)C12CCCCCC2. The number of unbranched alkanes of at least 4 members (excludes halogenated alkanes) is 1. The maximum absolute atomic E-state index is 11.9. The van der Waals surface area contributed by atoms with E-state index in [1.807, 2.05) is 0 Å². The van der Waals surface area contributed by atoms with Gasteiger partial charge >= 0.3 is 0 Å². The van der Waals surface area contributed by atoms with Crippen molar-refractivity contribution in [3.05, 3.63) is 0 Å². The third kappa shape index (κ3) is 2.17. The first-order valence-electron chi connectivity index (χ1n) is 6.94. The average molecular weight is 224 g/mol. The van der Waals surface area contributed by atoms with Gasteiger partial charge in [0.2, 0.25) is 0 Å². The third-order valence-corrected chi connectivity index (χ3v) is 4.36. The molecule has 0 amide bonds. The second-order valence-corrected chi connectivity index (χ2v) is 5.41. The van der Waals surface area contributed by atoms with E-state index in [1.54, 1.807) is 0 Å². The van der Waals surface area contributed by atoms with Crippen LogP contribution in [0, 0.1) is 5.41 Å². The lowest BCUT2D eigenvalue weighted by Crippen LogP contribution is -2.55. The summed E-state index contributed by atoms with van der Waals surface area (Å²) < 4.78 is 5.92. The summed E-state index contributed by atoms with van der Waals surface area (Å²) >= 11 is 0. The van der Waals surface area contributed by atoms with E-state index < -0.39 is 0 Å². The van der Waals surface area contributed by atoms with Crippen molar-refractivity contribution < 1.29 is 9.53 Å². The Kier molecular flexibility index (Phi) is 4.01. The predicted molar refractivity (Wildman–Crippen MR) is 64.4 cm³/mol. The van der Waals surface area contributed by atoms with Crippen LogP contribution < -0.4 is 0 Å². The highest BCUT2D eigenvalue weighted by atomic mass is 16.5. The molecule has 2 nitrogen and oxygen atoms in total. The van der Waals surface area contributed by atoms with Gasteiger partial charge in [-0.25, -0.2) is 0 Å². The molecule has 0 saturated heterocycles. The summed E-state index contributed by atoms with van der Waals surface area (Å²) in [7, 11) is 0. The zero-order chi connectivity index (χ0) is 11.4. The van der Waals surface area contributed by atoms with Crippen molar-refractivity contribution in [3.63, 3.8) is 0 Å². The number of rotatable bonds is 4. The highest BCUT2D eigenvalue weighted by Crippen LogP contribution is 2.49. The molecule has 0 aliphatic heterocycles. The van der Waals surface area contributed by atoms with Gasteiger partial charge in [-0.2, -0.15) is 0 Å². The number of ketones is 1. The predicted octanol–water partition coefficient (Wildman–Crippen LogP) is 3.49. The summed E-state index contributed by atoms with van der Waals surface area (Å²) in [6.07, 6.45) is 10.5. The molecule has 0 aromatic carbocycles. The van der Waals surface area contributed by atoms with E-state index in [2.05, 4.69) is 6.92 Å². The molecule has 2 fully saturated rings. The second-order valence-electron chi connectivity index (χ2n) is 5.41. The summed E-state index contributed by atoms with van der Waals surface area (Å²) in [6, 6.07) is 0. The molecule has 2 heteroatoms. The van der Waals surface area contributed by atoms with Crippen LogP contribution in [0.3, 0.4) is 0 Å². The van der Waals surface area contributed by atoms with Crippen molar-refractivity contribution in [1.29, 1.82) is 0 Å². The lowest BCUT2D eigenvalue weighted by molar-refractivity contribution is -0.166. The maximum atomic E-state index is 11.9. The van der Waals surface area contributed by atoms with Crippen LogP contribution in [0.1, 0.15) is 64.7 Å². The summed E-state index contributed by atoms with van der Waals surface area (Å²) in [4.78, 5) is 11.9. The number of Topliss-reactive ketones (excluding diaryl/α,β-unsaturated/α-hetero) is 1. The number of carbonyl (C=O) groups excluding carboxylic acids is 1. The Morgan fingerprint density at radius 3 is 2.50 bits per heavy atom. The normalized spacial score (nSPS) is 28.8. The molecule has 0 aromatic rings. The highest BCUT2D eigenvalue weighted by Gasteiger charge is 2.54. The Bertz CT molecular complexity index is 239. The standard InChI is InChI=1S/C14H24O2/c1-2-3-10-16-13-11-12(15)14(13)8-6-4-5-7-9-14/h13H,2-11H2,1H3. The van der Waals surface area contributed by atoms with Crippen LogP contribution in [0.2, 0.25) is 0 Å². The van der Waals surface area contributed by atoms with Crippen LogP contribution in [0.5, 0.6) is 0 Å². The largest absolute Gasteiger partial charge is 0.377 e. The number of hydrogen-bond donors (Lipinski definition) is 0. The van der Waals surface area contributed by atoms with E-state index in [4.69, 9.17) is 4.74 Å². The molecule has 1 atom stereocenters. The first-order chi connectivity index (χ1) is 7.79. The minimum absolute atomic E-state index is 0.0513. The maximum Gasteiger partial charge on any atom is 0.144 e. The van der Waals surface area contributed by atoms with Gasteiger partial charge in [-0.1, -0.05) is 39.0 Å². The van der Waals surface area contributed by atoms with Crippen molar-refractivity contribution in [3.8, 4) is 0 Å². The van der Waals surface area contributed by atoms with Gasteiger partial charge in [0.1, 0.15) is 5.78 Å². The van der Waals surface area contributed by atoms with Gasteiger partial charge in [-0.05, 0) is 19.3 Å². The fourth-order valence-corrected chi connectivity index (χ4v) is 3.16. The first-order valence-corrected chi connectivity index (χ1v) is 6.94. The molecule has 1 spiro atoms. The Balaban J connectivity index is 1.91. The fourth-order valence-electron chi connectivity index (χ4n) is 3.16. The minimum Gasteiger partial charge on any atom is -0.377 e. The van der Waals surface area contributed by atoms with Crippen molar-refractivity contribution >= 4 is 5.78 Å². The molecule has 2 aliphatic rings. The number of carbonyl (C=O) groups is 1. The van der Waals surface area contributed by atoms with Gasteiger partial charge in [-0.15, -0.1) is 0 Å². The summed E-state index contributed by atoms with van der Waals surface area (Å²) in [5.41, 5.74) is -0.0513. The quantitative estimate of drug-likeness (QED) is 0.683. The van der Waals surface area contributed by atoms with E-state index in [9.17, 15) is 4.79 Å². The molecule has 0 aromatic heterocycles. The summed E-state index contributed by atoms with van der Waals surface area (Å²) in [5.74, 6) is 0.482. The minimum atomic E-state index is -0.0513. The molecule has 2 aliphatic carbocycles. The lowest BCUT2D eigenvalue weighted by Gasteiger charge is -2.47. The average Bonchev–Trinajstić information content (AvgIpc) is 2.55. The van der Waals surface area contributed by atoms with Crippen LogP contribution in [0.15, 0.2) is 0 Å². The van der Waals surface area contributed by atoms with E-state index in [1.165, 1.54) is 32.1 Å². The monoisotopic (exact) mass is 224 g/mol. The van der Waals surface area contributed by atoms with Gasteiger partial charge < -0.3 is 4.74 Å². The van der Waals surface area contributed by atoms with E-state index in [0.29, 0.717) is 12.2 Å². The van der Waals surface area contributed by atoms with Gasteiger partial charge in [0.25, 0.3) is 0 Å². The van der Waals surface area contributed by atoms with Crippen molar-refractivity contribution in [2.75, 3.05) is 6.61 Å². The molecule has 0 bridgehead atoms. The lowest BCUT2D eigenvalue weighted by atomic mass is 9.60. The zero-order valence-corrected chi connectivity index (χ0v) is 10.5. The van der Waals surface area contributed by atoms with Crippen LogP contribution in [-0.4, -0.2) is 18.5 Å². The number of ether oxygens (including phenoxy) is 1. The molecule has 0 heterocycles. The number of hydrogen-bond acceptors (Lipinski definition) is 2. The highest BCUT2D eigenvalue weighted by molar-refractivity contribution is 5.92. The van der Waals surface area contributed by atoms with Crippen LogP contribution in [0.4, 0.5) is 0 Å². The molecule has 0 radical (unpaired) electrons. The molecule has 2 saturated carbocycles. The third-order valence-electron chi connectivity index (χ3n) is 4.36. The fraction of sp³-hybridized carbons (Fsp3) is 0.929. The summed E-state index contributed by atoms with van der Waals surface area (Å²) in [5, 5.41) is 0. The van der Waals surface area contributed by atoms with Gasteiger partial charge in [0, 0.05) is 13.0 Å². The molecule has 1 unspecified atom stereocenters. The molecule has 2 rings (SSSR count). The van der Waals surface area contributed by atoms with Crippen LogP contribution in [-0.2, 0) is 9.53 Å². The topological polar surface area (TPSA) is 26.3 Å². The zero-order valence-electron chi connectivity index (χ0n) is 10.5. The van der Waals surface area contributed by atoms with E-state index in [-0.39, 0.29) is 11.5 Å². The van der Waals surface area contributed by atoms with Gasteiger partial charge in [0.15, 0.2) is 0 Å². The molecule has 92 valence electrons. The Labute approximate surface area is 98.7 Å². The smallest absolute Gasteiger partial charge is 0.144 e. The van der Waals surface area contributed by atoms with E-state index >= 15 is 0 Å². The second kappa shape index (κ2) is 5.31.